The molecule has 1 aromatic rings. The van der Waals surface area contributed by atoms with E-state index in [-0.39, 0.29) is 16.8 Å². The summed E-state index contributed by atoms with van der Waals surface area (Å²) >= 11 is 0. The van der Waals surface area contributed by atoms with Gasteiger partial charge in [0.05, 0.1) is 11.6 Å². The fraction of sp³-hybridized carbons (Fsp3) is 0. The number of nitrogens with zero attached hydrogens (tertiary/aromatic N) is 1. The van der Waals surface area contributed by atoms with E-state index >= 15 is 0 Å². The average molecular weight is 190 g/mol. The Hall–Kier alpha value is -0.984. The minimum absolute atomic E-state index is 0. The van der Waals surface area contributed by atoms with Gasteiger partial charge in [-0.15, -0.1) is 0 Å². The number of rotatable bonds is 1. The summed E-state index contributed by atoms with van der Waals surface area (Å²) in [6.45, 7) is 0. The van der Waals surface area contributed by atoms with Crippen molar-refractivity contribution in [3.63, 3.8) is 0 Å². The van der Waals surface area contributed by atoms with Gasteiger partial charge >= 0.3 is 0 Å². The van der Waals surface area contributed by atoms with Gasteiger partial charge in [-0.25, -0.2) is 0 Å². The molecule has 0 bridgehead atoms. The SMILES string of the molecule is [CH2-]Nc1cccc(C#N)c1.[Co]. The molecule has 0 unspecified atom stereocenters. The molecule has 2 nitrogen and oxygen atoms in total. The van der Waals surface area contributed by atoms with Gasteiger partial charge in [0, 0.05) is 22.5 Å². The van der Waals surface area contributed by atoms with Gasteiger partial charge in [0.2, 0.25) is 0 Å². The molecule has 0 amide bonds. The molecule has 0 aliphatic rings. The van der Waals surface area contributed by atoms with Gasteiger partial charge < -0.3 is 5.32 Å². The van der Waals surface area contributed by atoms with Crippen molar-refractivity contribution >= 4 is 5.69 Å². The molecular formula is C8H7CoN2-. The minimum atomic E-state index is 0. The van der Waals surface area contributed by atoms with Crippen molar-refractivity contribution in [1.29, 1.82) is 5.26 Å². The number of hydrogen-bond acceptors (Lipinski definition) is 2. The first-order chi connectivity index (χ1) is 4.86. The molecule has 59 valence electrons. The topological polar surface area (TPSA) is 35.8 Å². The van der Waals surface area contributed by atoms with Gasteiger partial charge in [-0.05, 0) is 18.2 Å². The molecule has 1 rings (SSSR count). The van der Waals surface area contributed by atoms with Crippen LogP contribution < -0.4 is 5.32 Å². The summed E-state index contributed by atoms with van der Waals surface area (Å²) in [6.07, 6.45) is 0. The largest absolute Gasteiger partial charge is 0.538 e. The molecule has 0 fully saturated rings. The fourth-order valence-electron chi connectivity index (χ4n) is 0.699. The summed E-state index contributed by atoms with van der Waals surface area (Å²) in [5, 5.41) is 11.2. The Morgan fingerprint density at radius 2 is 2.18 bits per heavy atom. The number of hydrogen-bond donors (Lipinski definition) is 1. The molecule has 0 atom stereocenters. The van der Waals surface area contributed by atoms with Crippen molar-refractivity contribution in [3.8, 4) is 6.07 Å². The van der Waals surface area contributed by atoms with Crippen LogP contribution in [0.2, 0.25) is 0 Å². The predicted octanol–water partition coefficient (Wildman–Crippen LogP) is 1.76. The standard InChI is InChI=1S/C8H7N2.Co/c1-10-8-4-2-3-7(5-8)6-9;/h2-5,10H,1H2;/q-1;. The molecule has 0 aliphatic carbocycles. The Bertz CT molecular complexity index is 265. The minimum Gasteiger partial charge on any atom is -0.538 e. The van der Waals surface area contributed by atoms with Crippen LogP contribution in [0.25, 0.3) is 0 Å². The van der Waals surface area contributed by atoms with Gasteiger partial charge in [-0.2, -0.15) is 5.26 Å². The van der Waals surface area contributed by atoms with Crippen LogP contribution in [0.4, 0.5) is 5.69 Å². The average Bonchev–Trinajstić information content (AvgIpc) is 2.05. The molecule has 1 N–H and O–H groups in total. The fourth-order valence-corrected chi connectivity index (χ4v) is 0.699. The summed E-state index contributed by atoms with van der Waals surface area (Å²) < 4.78 is 0. The van der Waals surface area contributed by atoms with Crippen molar-refractivity contribution in [2.75, 3.05) is 5.32 Å². The summed E-state index contributed by atoms with van der Waals surface area (Å²) in [5.41, 5.74) is 1.51. The monoisotopic (exact) mass is 190 g/mol. The number of nitrogens with one attached hydrogen (secondary N) is 1. The molecule has 3 heteroatoms. The van der Waals surface area contributed by atoms with Gasteiger partial charge in [-0.3, -0.25) is 7.05 Å². The molecule has 0 spiro atoms. The molecule has 0 aliphatic heterocycles. The van der Waals surface area contributed by atoms with E-state index in [1.807, 2.05) is 18.2 Å². The van der Waals surface area contributed by atoms with Crippen molar-refractivity contribution < 1.29 is 16.8 Å². The molecule has 0 saturated carbocycles. The Balaban J connectivity index is 0.000001000. The normalized spacial score (nSPS) is 7.64. The van der Waals surface area contributed by atoms with Crippen LogP contribution in [0.1, 0.15) is 5.56 Å². The van der Waals surface area contributed by atoms with Crippen molar-refractivity contribution in [2.24, 2.45) is 0 Å². The van der Waals surface area contributed by atoms with E-state index in [0.717, 1.165) is 5.69 Å². The van der Waals surface area contributed by atoms with Crippen LogP contribution in [0, 0.1) is 18.4 Å². The summed E-state index contributed by atoms with van der Waals surface area (Å²) in [7, 11) is 3.47. The smallest absolute Gasteiger partial charge is 0.0992 e. The first-order valence-corrected chi connectivity index (χ1v) is 2.90. The first kappa shape index (κ1) is 10.0. The second-order valence-electron chi connectivity index (χ2n) is 1.87. The van der Waals surface area contributed by atoms with E-state index < -0.39 is 0 Å². The van der Waals surface area contributed by atoms with Crippen LogP contribution in [-0.2, 0) is 16.8 Å². The summed E-state index contributed by atoms with van der Waals surface area (Å²) in [6, 6.07) is 9.19. The maximum Gasteiger partial charge on any atom is 0.0992 e. The zero-order valence-electron chi connectivity index (χ0n) is 5.80. The summed E-state index contributed by atoms with van der Waals surface area (Å²) in [4.78, 5) is 0. The van der Waals surface area contributed by atoms with Gasteiger partial charge in [0.15, 0.2) is 0 Å². The quantitative estimate of drug-likeness (QED) is 0.685. The molecular weight excluding hydrogens is 183 g/mol. The molecule has 0 aromatic heterocycles. The maximum absolute atomic E-state index is 8.46. The van der Waals surface area contributed by atoms with E-state index in [4.69, 9.17) is 5.26 Å². The van der Waals surface area contributed by atoms with E-state index in [1.165, 1.54) is 0 Å². The number of nitriles is 1. The van der Waals surface area contributed by atoms with Crippen LogP contribution in [0.5, 0.6) is 0 Å². The molecule has 0 saturated heterocycles. The third-order valence-electron chi connectivity index (χ3n) is 1.20. The van der Waals surface area contributed by atoms with Crippen molar-refractivity contribution in [3.05, 3.63) is 36.9 Å². The third kappa shape index (κ3) is 2.62. The van der Waals surface area contributed by atoms with Crippen LogP contribution in [0.3, 0.4) is 0 Å². The molecule has 11 heavy (non-hydrogen) atoms. The molecule has 0 heterocycles. The van der Waals surface area contributed by atoms with Crippen molar-refractivity contribution in [2.45, 2.75) is 0 Å². The third-order valence-corrected chi connectivity index (χ3v) is 1.20. The van der Waals surface area contributed by atoms with Gasteiger partial charge in [-0.1, -0.05) is 6.07 Å². The Labute approximate surface area is 76.4 Å². The predicted molar refractivity (Wildman–Crippen MR) is 40.1 cm³/mol. The van der Waals surface area contributed by atoms with E-state index in [1.54, 1.807) is 12.1 Å². The van der Waals surface area contributed by atoms with Gasteiger partial charge in [0.25, 0.3) is 0 Å². The van der Waals surface area contributed by atoms with Crippen LogP contribution in [-0.4, -0.2) is 0 Å². The Kier molecular flexibility index (Phi) is 4.35. The van der Waals surface area contributed by atoms with E-state index in [9.17, 15) is 0 Å². The second kappa shape index (κ2) is 4.77. The molecule has 1 aromatic carbocycles. The maximum atomic E-state index is 8.46. The van der Waals surface area contributed by atoms with E-state index in [2.05, 4.69) is 12.4 Å². The zero-order valence-corrected chi connectivity index (χ0v) is 6.84. The number of benzene rings is 1. The van der Waals surface area contributed by atoms with Crippen LogP contribution >= 0.6 is 0 Å². The first-order valence-electron chi connectivity index (χ1n) is 2.90. The zero-order chi connectivity index (χ0) is 7.40. The molecule has 1 radical (unpaired) electrons. The Morgan fingerprint density at radius 3 is 2.73 bits per heavy atom. The summed E-state index contributed by atoms with van der Waals surface area (Å²) in [5.74, 6) is 0. The van der Waals surface area contributed by atoms with Crippen molar-refractivity contribution in [1.82, 2.24) is 0 Å². The second-order valence-corrected chi connectivity index (χ2v) is 1.87. The van der Waals surface area contributed by atoms with E-state index in [0.29, 0.717) is 5.56 Å². The van der Waals surface area contributed by atoms with Gasteiger partial charge in [0.1, 0.15) is 0 Å². The number of anilines is 1. The Morgan fingerprint density at radius 1 is 1.45 bits per heavy atom. The van der Waals surface area contributed by atoms with Crippen LogP contribution in [0.15, 0.2) is 24.3 Å².